The number of rotatable bonds is 4. The molecule has 1 aromatic rings. The highest BCUT2D eigenvalue weighted by molar-refractivity contribution is 7.09. The van der Waals surface area contributed by atoms with Gasteiger partial charge in [0.05, 0.1) is 5.54 Å². The Morgan fingerprint density at radius 1 is 1.37 bits per heavy atom. The molecule has 1 fully saturated rings. The predicted octanol–water partition coefficient (Wildman–Crippen LogP) is 4.57. The Morgan fingerprint density at radius 3 is 2.53 bits per heavy atom. The second-order valence-electron chi connectivity index (χ2n) is 6.99. The first-order valence-electron chi connectivity index (χ1n) is 7.63. The molecular weight excluding hydrogens is 252 g/mol. The summed E-state index contributed by atoms with van der Waals surface area (Å²) in [6.45, 7) is 10.5. The Morgan fingerprint density at radius 2 is 2.05 bits per heavy atom. The molecular formula is C16H28N2S. The summed E-state index contributed by atoms with van der Waals surface area (Å²) in [5.41, 5.74) is 0.603. The van der Waals surface area contributed by atoms with E-state index in [1.807, 2.05) is 17.5 Å². The molecule has 1 aromatic heterocycles. The van der Waals surface area contributed by atoms with Crippen LogP contribution < -0.4 is 5.32 Å². The zero-order valence-electron chi connectivity index (χ0n) is 12.8. The van der Waals surface area contributed by atoms with Gasteiger partial charge in [0.25, 0.3) is 0 Å². The van der Waals surface area contributed by atoms with Crippen molar-refractivity contribution in [2.45, 2.75) is 65.3 Å². The fourth-order valence-electron chi connectivity index (χ4n) is 3.27. The minimum atomic E-state index is 0.159. The highest BCUT2D eigenvalue weighted by Gasteiger charge is 2.40. The molecule has 2 rings (SSSR count). The minimum absolute atomic E-state index is 0.159. The van der Waals surface area contributed by atoms with E-state index in [4.69, 9.17) is 0 Å². The van der Waals surface area contributed by atoms with Crippen LogP contribution in [0.1, 0.15) is 64.8 Å². The van der Waals surface area contributed by atoms with Crippen LogP contribution in [0.25, 0.3) is 0 Å². The maximum absolute atomic E-state index is 4.61. The van der Waals surface area contributed by atoms with Gasteiger partial charge in [0.1, 0.15) is 5.01 Å². The quantitative estimate of drug-likeness (QED) is 0.873. The average molecular weight is 280 g/mol. The summed E-state index contributed by atoms with van der Waals surface area (Å²) < 4.78 is 0. The van der Waals surface area contributed by atoms with Crippen LogP contribution in [0.5, 0.6) is 0 Å². The number of nitrogens with zero attached hydrogens (tertiary/aromatic N) is 1. The normalized spacial score (nSPS) is 28.5. The van der Waals surface area contributed by atoms with Crippen LogP contribution in [-0.4, -0.2) is 11.5 Å². The van der Waals surface area contributed by atoms with Gasteiger partial charge in [-0.25, -0.2) is 4.98 Å². The van der Waals surface area contributed by atoms with Crippen molar-refractivity contribution in [2.24, 2.45) is 11.3 Å². The fourth-order valence-corrected chi connectivity index (χ4v) is 4.14. The molecule has 0 atom stereocenters. The van der Waals surface area contributed by atoms with Crippen LogP contribution in [-0.2, 0) is 5.54 Å². The molecule has 0 aliphatic heterocycles. The number of hydrogen-bond donors (Lipinski definition) is 1. The van der Waals surface area contributed by atoms with Crippen molar-refractivity contribution in [1.29, 1.82) is 0 Å². The summed E-state index contributed by atoms with van der Waals surface area (Å²) in [6.07, 6.45) is 8.26. The van der Waals surface area contributed by atoms with Crippen molar-refractivity contribution in [1.82, 2.24) is 10.3 Å². The lowest BCUT2D eigenvalue weighted by Crippen LogP contribution is -2.46. The Bertz CT molecular complexity index is 370. The first kappa shape index (κ1) is 15.0. The molecule has 108 valence electrons. The first-order chi connectivity index (χ1) is 8.98. The van der Waals surface area contributed by atoms with Crippen molar-refractivity contribution in [2.75, 3.05) is 6.54 Å². The van der Waals surface area contributed by atoms with Gasteiger partial charge in [-0.1, -0.05) is 27.7 Å². The van der Waals surface area contributed by atoms with E-state index in [2.05, 4.69) is 43.4 Å². The van der Waals surface area contributed by atoms with Gasteiger partial charge in [0.2, 0.25) is 0 Å². The van der Waals surface area contributed by atoms with Gasteiger partial charge in [0, 0.05) is 11.6 Å². The Labute approximate surface area is 122 Å². The standard InChI is InChI=1S/C16H28N2S/c1-5-10-18-16(14-17-11-12-19-14)8-6-13(7-9-16)15(2,3)4/h11-13,18H,5-10H2,1-4H3. The summed E-state index contributed by atoms with van der Waals surface area (Å²) in [5.74, 6) is 0.851. The van der Waals surface area contributed by atoms with Gasteiger partial charge in [-0.2, -0.15) is 0 Å². The molecule has 1 saturated carbocycles. The van der Waals surface area contributed by atoms with E-state index in [1.165, 1.54) is 37.1 Å². The van der Waals surface area contributed by atoms with Gasteiger partial charge < -0.3 is 5.32 Å². The highest BCUT2D eigenvalue weighted by Crippen LogP contribution is 2.45. The Kier molecular flexibility index (Phi) is 4.67. The summed E-state index contributed by atoms with van der Waals surface area (Å²) >= 11 is 1.81. The van der Waals surface area contributed by atoms with E-state index in [1.54, 1.807) is 0 Å². The SMILES string of the molecule is CCCNC1(c2nccs2)CCC(C(C)(C)C)CC1. The molecule has 19 heavy (non-hydrogen) atoms. The lowest BCUT2D eigenvalue weighted by molar-refractivity contribution is 0.113. The molecule has 1 N–H and O–H groups in total. The summed E-state index contributed by atoms with van der Waals surface area (Å²) in [4.78, 5) is 4.61. The van der Waals surface area contributed by atoms with Crippen LogP contribution in [0, 0.1) is 11.3 Å². The van der Waals surface area contributed by atoms with Crippen molar-refractivity contribution in [3.63, 3.8) is 0 Å². The molecule has 3 heteroatoms. The summed E-state index contributed by atoms with van der Waals surface area (Å²) in [5, 5.41) is 7.22. The predicted molar refractivity (Wildman–Crippen MR) is 83.5 cm³/mol. The maximum Gasteiger partial charge on any atom is 0.113 e. The molecule has 0 bridgehead atoms. The van der Waals surface area contributed by atoms with Crippen molar-refractivity contribution < 1.29 is 0 Å². The topological polar surface area (TPSA) is 24.9 Å². The zero-order chi connectivity index (χ0) is 13.9. The lowest BCUT2D eigenvalue weighted by Gasteiger charge is -2.43. The lowest BCUT2D eigenvalue weighted by atomic mass is 9.67. The molecule has 2 nitrogen and oxygen atoms in total. The van der Waals surface area contributed by atoms with Crippen molar-refractivity contribution >= 4 is 11.3 Å². The smallest absolute Gasteiger partial charge is 0.113 e. The van der Waals surface area contributed by atoms with Gasteiger partial charge in [-0.15, -0.1) is 11.3 Å². The van der Waals surface area contributed by atoms with E-state index in [0.29, 0.717) is 5.41 Å². The van der Waals surface area contributed by atoms with E-state index >= 15 is 0 Å². The van der Waals surface area contributed by atoms with Gasteiger partial charge >= 0.3 is 0 Å². The molecule has 0 radical (unpaired) electrons. The van der Waals surface area contributed by atoms with Gasteiger partial charge in [-0.3, -0.25) is 0 Å². The third-order valence-electron chi connectivity index (χ3n) is 4.62. The van der Waals surface area contributed by atoms with Crippen LogP contribution in [0.3, 0.4) is 0 Å². The summed E-state index contributed by atoms with van der Waals surface area (Å²) in [7, 11) is 0. The van der Waals surface area contributed by atoms with Crippen LogP contribution in [0.2, 0.25) is 0 Å². The van der Waals surface area contributed by atoms with Crippen LogP contribution in [0.15, 0.2) is 11.6 Å². The fraction of sp³-hybridized carbons (Fsp3) is 0.812. The van der Waals surface area contributed by atoms with Gasteiger partial charge in [0.15, 0.2) is 0 Å². The molecule has 1 aliphatic carbocycles. The Hall–Kier alpha value is -0.410. The van der Waals surface area contributed by atoms with E-state index in [-0.39, 0.29) is 5.54 Å². The molecule has 0 amide bonds. The third kappa shape index (κ3) is 3.38. The van der Waals surface area contributed by atoms with Gasteiger partial charge in [-0.05, 0) is 50.0 Å². The molecule has 0 aromatic carbocycles. The zero-order valence-corrected chi connectivity index (χ0v) is 13.6. The second-order valence-corrected chi connectivity index (χ2v) is 7.88. The monoisotopic (exact) mass is 280 g/mol. The number of nitrogens with one attached hydrogen (secondary N) is 1. The molecule has 0 saturated heterocycles. The third-order valence-corrected chi connectivity index (χ3v) is 5.60. The maximum atomic E-state index is 4.61. The molecule has 1 aliphatic rings. The number of thiazole rings is 1. The summed E-state index contributed by atoms with van der Waals surface area (Å²) in [6, 6.07) is 0. The van der Waals surface area contributed by atoms with Crippen LogP contribution >= 0.6 is 11.3 Å². The first-order valence-corrected chi connectivity index (χ1v) is 8.51. The molecule has 0 unspecified atom stereocenters. The van der Waals surface area contributed by atoms with Crippen molar-refractivity contribution in [3.05, 3.63) is 16.6 Å². The number of hydrogen-bond acceptors (Lipinski definition) is 3. The second kappa shape index (κ2) is 5.92. The van der Waals surface area contributed by atoms with Crippen molar-refractivity contribution in [3.8, 4) is 0 Å². The minimum Gasteiger partial charge on any atom is -0.305 e. The average Bonchev–Trinajstić information content (AvgIpc) is 2.90. The van der Waals surface area contributed by atoms with E-state index in [9.17, 15) is 0 Å². The molecule has 1 heterocycles. The van der Waals surface area contributed by atoms with Crippen LogP contribution in [0.4, 0.5) is 0 Å². The van der Waals surface area contributed by atoms with E-state index < -0.39 is 0 Å². The van der Waals surface area contributed by atoms with E-state index in [0.717, 1.165) is 12.5 Å². The number of aromatic nitrogens is 1. The largest absolute Gasteiger partial charge is 0.305 e. The highest BCUT2D eigenvalue weighted by atomic mass is 32.1. The molecule has 0 spiro atoms. The Balaban J connectivity index is 2.10.